The second kappa shape index (κ2) is 11.2. The van der Waals surface area contributed by atoms with E-state index in [1.54, 1.807) is 24.1 Å². The molecule has 0 radical (unpaired) electrons. The van der Waals surface area contributed by atoms with Crippen LogP contribution in [-0.2, 0) is 4.79 Å². The number of ether oxygens (including phenoxy) is 1. The molecule has 0 fully saturated rings. The van der Waals surface area contributed by atoms with E-state index in [0.717, 1.165) is 28.9 Å². The van der Waals surface area contributed by atoms with Crippen LogP contribution < -0.4 is 4.74 Å². The molecule has 3 aromatic carbocycles. The monoisotopic (exact) mass is 429 g/mol. The summed E-state index contributed by atoms with van der Waals surface area (Å²) < 4.78 is 5.86. The Morgan fingerprint density at radius 1 is 0.812 bits per heavy atom. The zero-order valence-corrected chi connectivity index (χ0v) is 19.0. The van der Waals surface area contributed by atoms with Gasteiger partial charge in [0.15, 0.2) is 0 Å². The smallest absolute Gasteiger partial charge is 0.222 e. The number of hydrogen-bond donors (Lipinski definition) is 1. The van der Waals surface area contributed by atoms with Gasteiger partial charge < -0.3 is 14.7 Å². The Kier molecular flexibility index (Phi) is 8.09. The van der Waals surface area contributed by atoms with Crippen molar-refractivity contribution in [2.24, 2.45) is 0 Å². The van der Waals surface area contributed by atoms with Gasteiger partial charge in [-0.25, -0.2) is 0 Å². The first-order chi connectivity index (χ1) is 15.5. The molecule has 32 heavy (non-hydrogen) atoms. The zero-order chi connectivity index (χ0) is 22.9. The van der Waals surface area contributed by atoms with Gasteiger partial charge in [-0.15, -0.1) is 0 Å². The Balaban J connectivity index is 1.90. The highest BCUT2D eigenvalue weighted by molar-refractivity contribution is 5.98. The van der Waals surface area contributed by atoms with Crippen LogP contribution in [0, 0.1) is 0 Å². The predicted molar refractivity (Wildman–Crippen MR) is 131 cm³/mol. The van der Waals surface area contributed by atoms with Gasteiger partial charge in [0.2, 0.25) is 5.91 Å². The molecule has 0 bridgehead atoms. The molecule has 0 aliphatic carbocycles. The molecule has 4 heteroatoms. The summed E-state index contributed by atoms with van der Waals surface area (Å²) in [6.07, 6.45) is 1.37. The van der Waals surface area contributed by atoms with Crippen LogP contribution >= 0.6 is 0 Å². The zero-order valence-electron chi connectivity index (χ0n) is 19.0. The second-order valence-electron chi connectivity index (χ2n) is 7.66. The average Bonchev–Trinajstić information content (AvgIpc) is 2.83. The number of amides is 1. The first-order valence-corrected chi connectivity index (χ1v) is 11.1. The van der Waals surface area contributed by atoms with Crippen molar-refractivity contribution in [1.29, 1.82) is 0 Å². The third-order valence-electron chi connectivity index (χ3n) is 5.50. The van der Waals surface area contributed by atoms with Crippen molar-refractivity contribution in [2.75, 3.05) is 20.2 Å². The van der Waals surface area contributed by atoms with Crippen LogP contribution in [0.5, 0.6) is 11.5 Å². The molecule has 0 saturated heterocycles. The largest absolute Gasteiger partial charge is 0.508 e. The van der Waals surface area contributed by atoms with Crippen LogP contribution in [-0.4, -0.2) is 36.1 Å². The number of phenolic OH excluding ortho intramolecular Hbond substituents is 1. The Morgan fingerprint density at radius 2 is 1.41 bits per heavy atom. The predicted octanol–water partition coefficient (Wildman–Crippen LogP) is 6.01. The SMILES string of the molecule is CCC(=O)N(C)CCOc1ccc(C(=C(CC)c2ccccc2)c2ccc(O)cc2)cc1. The van der Waals surface area contributed by atoms with Crippen LogP contribution in [0.2, 0.25) is 0 Å². The number of allylic oxidation sites excluding steroid dienone is 1. The van der Waals surface area contributed by atoms with E-state index >= 15 is 0 Å². The fourth-order valence-corrected chi connectivity index (χ4v) is 3.72. The lowest BCUT2D eigenvalue weighted by molar-refractivity contribution is -0.129. The fraction of sp³-hybridized carbons (Fsp3) is 0.250. The van der Waals surface area contributed by atoms with E-state index in [1.807, 2.05) is 37.3 Å². The van der Waals surface area contributed by atoms with Gasteiger partial charge in [0, 0.05) is 13.5 Å². The van der Waals surface area contributed by atoms with Gasteiger partial charge in [-0.3, -0.25) is 4.79 Å². The lowest BCUT2D eigenvalue weighted by atomic mass is 9.88. The quantitative estimate of drug-likeness (QED) is 0.424. The Labute approximate surface area is 190 Å². The minimum Gasteiger partial charge on any atom is -0.508 e. The summed E-state index contributed by atoms with van der Waals surface area (Å²) in [6, 6.07) is 25.8. The van der Waals surface area contributed by atoms with Crippen molar-refractivity contribution >= 4 is 17.1 Å². The minimum atomic E-state index is 0.112. The maximum absolute atomic E-state index is 11.7. The summed E-state index contributed by atoms with van der Waals surface area (Å²) in [5, 5.41) is 9.77. The summed E-state index contributed by atoms with van der Waals surface area (Å²) in [6.45, 7) is 5.03. The molecule has 0 aliphatic heterocycles. The van der Waals surface area contributed by atoms with Crippen molar-refractivity contribution in [2.45, 2.75) is 26.7 Å². The Bertz CT molecular complexity index is 1040. The number of aromatic hydroxyl groups is 1. The van der Waals surface area contributed by atoms with Crippen molar-refractivity contribution in [3.8, 4) is 11.5 Å². The van der Waals surface area contributed by atoms with E-state index in [4.69, 9.17) is 4.74 Å². The number of hydrogen-bond acceptors (Lipinski definition) is 3. The first-order valence-electron chi connectivity index (χ1n) is 11.1. The van der Waals surface area contributed by atoms with Crippen LogP contribution in [0.15, 0.2) is 78.9 Å². The summed E-state index contributed by atoms with van der Waals surface area (Å²) in [7, 11) is 1.79. The molecule has 0 aliphatic rings. The van der Waals surface area contributed by atoms with Crippen LogP contribution in [0.1, 0.15) is 43.4 Å². The van der Waals surface area contributed by atoms with Gasteiger partial charge in [-0.2, -0.15) is 0 Å². The highest BCUT2D eigenvalue weighted by Crippen LogP contribution is 2.35. The third kappa shape index (κ3) is 5.79. The standard InChI is InChI=1S/C28H31NO3/c1-4-26(21-9-7-6-8-10-21)28(22-11-15-24(30)16-12-22)23-13-17-25(18-14-23)32-20-19-29(3)27(31)5-2/h6-18,30H,4-5,19-20H2,1-3H3. The van der Waals surface area contributed by atoms with Crippen molar-refractivity contribution < 1.29 is 14.6 Å². The molecule has 1 amide bonds. The van der Waals surface area contributed by atoms with Crippen molar-refractivity contribution in [1.82, 2.24) is 4.90 Å². The number of likely N-dealkylation sites (N-methyl/N-ethyl adjacent to an activating group) is 1. The van der Waals surface area contributed by atoms with Crippen LogP contribution in [0.3, 0.4) is 0 Å². The molecule has 4 nitrogen and oxygen atoms in total. The molecule has 0 spiro atoms. The molecule has 0 aromatic heterocycles. The number of carbonyl (C=O) groups is 1. The summed E-state index contributed by atoms with van der Waals surface area (Å²) in [4.78, 5) is 13.4. The minimum absolute atomic E-state index is 0.112. The summed E-state index contributed by atoms with van der Waals surface area (Å²) in [5.41, 5.74) is 5.70. The Hall–Kier alpha value is -3.53. The van der Waals surface area contributed by atoms with Gasteiger partial charge in [-0.05, 0) is 58.5 Å². The molecule has 0 atom stereocenters. The number of carbonyl (C=O) groups excluding carboxylic acids is 1. The molecule has 166 valence electrons. The van der Waals surface area contributed by atoms with Crippen molar-refractivity contribution in [3.05, 3.63) is 95.6 Å². The maximum atomic E-state index is 11.7. The number of phenols is 1. The fourth-order valence-electron chi connectivity index (χ4n) is 3.72. The van der Waals surface area contributed by atoms with Crippen molar-refractivity contribution in [3.63, 3.8) is 0 Å². The van der Waals surface area contributed by atoms with E-state index in [-0.39, 0.29) is 11.7 Å². The molecule has 3 aromatic rings. The number of benzene rings is 3. The van der Waals surface area contributed by atoms with E-state index in [9.17, 15) is 9.90 Å². The molecule has 0 heterocycles. The summed E-state index contributed by atoms with van der Waals surface area (Å²) in [5.74, 6) is 1.13. The van der Waals surface area contributed by atoms with E-state index < -0.39 is 0 Å². The lowest BCUT2D eigenvalue weighted by Gasteiger charge is -2.18. The average molecular weight is 430 g/mol. The summed E-state index contributed by atoms with van der Waals surface area (Å²) >= 11 is 0. The number of nitrogens with zero attached hydrogens (tertiary/aromatic N) is 1. The second-order valence-corrected chi connectivity index (χ2v) is 7.66. The van der Waals surface area contributed by atoms with Gasteiger partial charge in [0.25, 0.3) is 0 Å². The first kappa shape index (κ1) is 23.1. The van der Waals surface area contributed by atoms with Crippen LogP contribution in [0.4, 0.5) is 0 Å². The van der Waals surface area contributed by atoms with E-state index in [2.05, 4.69) is 43.3 Å². The molecule has 0 saturated carbocycles. The topological polar surface area (TPSA) is 49.8 Å². The number of rotatable bonds is 9. The van der Waals surface area contributed by atoms with Gasteiger partial charge in [0.1, 0.15) is 18.1 Å². The van der Waals surface area contributed by atoms with Crippen LogP contribution in [0.25, 0.3) is 11.1 Å². The highest BCUT2D eigenvalue weighted by atomic mass is 16.5. The molecule has 1 N–H and O–H groups in total. The molecule has 0 unspecified atom stereocenters. The molecular formula is C28H31NO3. The van der Waals surface area contributed by atoms with E-state index in [0.29, 0.717) is 19.6 Å². The normalized spacial score (nSPS) is 11.6. The third-order valence-corrected chi connectivity index (χ3v) is 5.50. The molecule has 3 rings (SSSR count). The maximum Gasteiger partial charge on any atom is 0.222 e. The Morgan fingerprint density at radius 3 is 1.97 bits per heavy atom. The van der Waals surface area contributed by atoms with Gasteiger partial charge in [0.05, 0.1) is 6.54 Å². The molecular weight excluding hydrogens is 398 g/mol. The van der Waals surface area contributed by atoms with E-state index in [1.165, 1.54) is 11.1 Å². The highest BCUT2D eigenvalue weighted by Gasteiger charge is 2.13. The van der Waals surface area contributed by atoms with Gasteiger partial charge in [-0.1, -0.05) is 68.4 Å². The van der Waals surface area contributed by atoms with Gasteiger partial charge >= 0.3 is 0 Å². The lowest BCUT2D eigenvalue weighted by Crippen LogP contribution is -2.30.